The highest BCUT2D eigenvalue weighted by Crippen LogP contribution is 2.29. The van der Waals surface area contributed by atoms with E-state index < -0.39 is 0 Å². The van der Waals surface area contributed by atoms with Gasteiger partial charge in [0.1, 0.15) is 0 Å². The first-order valence-electron chi connectivity index (χ1n) is 7.55. The monoisotopic (exact) mass is 289 g/mol. The van der Waals surface area contributed by atoms with Gasteiger partial charge in [0.05, 0.1) is 11.0 Å². The largest absolute Gasteiger partial charge is 0.323 e. The van der Waals surface area contributed by atoms with Crippen LogP contribution in [0.15, 0.2) is 23.0 Å². The van der Waals surface area contributed by atoms with Gasteiger partial charge in [-0.1, -0.05) is 26.8 Å². The second-order valence-corrected chi connectivity index (χ2v) is 7.87. The van der Waals surface area contributed by atoms with Crippen molar-refractivity contribution in [1.82, 2.24) is 15.3 Å². The predicted octanol–water partition coefficient (Wildman–Crippen LogP) is 3.72. The van der Waals surface area contributed by atoms with Crippen molar-refractivity contribution in [2.24, 2.45) is 5.41 Å². The lowest BCUT2D eigenvalue weighted by molar-refractivity contribution is 0.227. The SMILES string of the molecule is CC(NC(C)(C)CC(C)(C)C)c1ccc2[nH]c(=O)[nH]c2c1. The van der Waals surface area contributed by atoms with E-state index in [9.17, 15) is 4.79 Å². The van der Waals surface area contributed by atoms with Crippen molar-refractivity contribution in [2.45, 2.75) is 59.5 Å². The Balaban J connectivity index is 2.17. The van der Waals surface area contributed by atoms with Crippen LogP contribution in [0.3, 0.4) is 0 Å². The highest BCUT2D eigenvalue weighted by atomic mass is 16.1. The highest BCUT2D eigenvalue weighted by molar-refractivity contribution is 5.75. The number of H-pyrrole nitrogens is 2. The molecule has 21 heavy (non-hydrogen) atoms. The van der Waals surface area contributed by atoms with Crippen LogP contribution >= 0.6 is 0 Å². The summed E-state index contributed by atoms with van der Waals surface area (Å²) in [5.74, 6) is 0. The van der Waals surface area contributed by atoms with Gasteiger partial charge in [0, 0.05) is 11.6 Å². The summed E-state index contributed by atoms with van der Waals surface area (Å²) in [7, 11) is 0. The molecule has 116 valence electrons. The smallest absolute Gasteiger partial charge is 0.306 e. The normalized spacial score (nSPS) is 14.6. The molecular weight excluding hydrogens is 262 g/mol. The summed E-state index contributed by atoms with van der Waals surface area (Å²) in [5, 5.41) is 3.70. The van der Waals surface area contributed by atoms with Crippen LogP contribution < -0.4 is 11.0 Å². The summed E-state index contributed by atoms with van der Waals surface area (Å²) in [6, 6.07) is 6.29. The molecule has 0 aliphatic heterocycles. The lowest BCUT2D eigenvalue weighted by Crippen LogP contribution is -2.43. The third kappa shape index (κ3) is 4.21. The molecule has 0 spiro atoms. The van der Waals surface area contributed by atoms with E-state index in [1.807, 2.05) is 12.1 Å². The molecule has 0 saturated carbocycles. The van der Waals surface area contributed by atoms with Gasteiger partial charge in [0.25, 0.3) is 0 Å². The van der Waals surface area contributed by atoms with Gasteiger partial charge in [-0.2, -0.15) is 0 Å². The van der Waals surface area contributed by atoms with Crippen LogP contribution in [-0.4, -0.2) is 15.5 Å². The molecule has 0 saturated heterocycles. The Morgan fingerprint density at radius 3 is 2.33 bits per heavy atom. The molecule has 1 aromatic carbocycles. The van der Waals surface area contributed by atoms with Crippen molar-refractivity contribution in [3.8, 4) is 0 Å². The van der Waals surface area contributed by atoms with E-state index in [2.05, 4.69) is 62.9 Å². The van der Waals surface area contributed by atoms with Crippen molar-refractivity contribution >= 4 is 11.0 Å². The molecule has 1 atom stereocenters. The fourth-order valence-electron chi connectivity index (χ4n) is 3.37. The van der Waals surface area contributed by atoms with Gasteiger partial charge < -0.3 is 15.3 Å². The lowest BCUT2D eigenvalue weighted by atomic mass is 9.81. The molecule has 1 unspecified atom stereocenters. The number of hydrogen-bond donors (Lipinski definition) is 3. The van der Waals surface area contributed by atoms with E-state index in [4.69, 9.17) is 0 Å². The summed E-state index contributed by atoms with van der Waals surface area (Å²) in [5.41, 5.74) is 3.07. The minimum atomic E-state index is -0.157. The van der Waals surface area contributed by atoms with E-state index in [-0.39, 0.29) is 22.7 Å². The van der Waals surface area contributed by atoms with Gasteiger partial charge in [-0.3, -0.25) is 0 Å². The second-order valence-electron chi connectivity index (χ2n) is 7.87. The van der Waals surface area contributed by atoms with Gasteiger partial charge in [-0.25, -0.2) is 4.79 Å². The molecule has 0 radical (unpaired) electrons. The molecule has 0 aliphatic carbocycles. The minimum absolute atomic E-state index is 0.0537. The lowest BCUT2D eigenvalue weighted by Gasteiger charge is -2.36. The molecule has 2 aromatic rings. The average Bonchev–Trinajstić information content (AvgIpc) is 2.63. The van der Waals surface area contributed by atoms with Gasteiger partial charge in [-0.15, -0.1) is 0 Å². The van der Waals surface area contributed by atoms with E-state index >= 15 is 0 Å². The van der Waals surface area contributed by atoms with Crippen LogP contribution in [0.5, 0.6) is 0 Å². The zero-order chi connectivity index (χ0) is 15.8. The third-order valence-electron chi connectivity index (χ3n) is 3.62. The number of nitrogens with one attached hydrogen (secondary N) is 3. The molecule has 0 fully saturated rings. The first kappa shape index (κ1) is 15.8. The summed E-state index contributed by atoms with van der Waals surface area (Å²) >= 11 is 0. The maximum absolute atomic E-state index is 11.3. The van der Waals surface area contributed by atoms with Gasteiger partial charge in [-0.05, 0) is 50.3 Å². The van der Waals surface area contributed by atoms with Crippen molar-refractivity contribution in [1.29, 1.82) is 0 Å². The van der Waals surface area contributed by atoms with Gasteiger partial charge in [0.15, 0.2) is 0 Å². The van der Waals surface area contributed by atoms with Crippen molar-refractivity contribution in [3.63, 3.8) is 0 Å². The summed E-state index contributed by atoms with van der Waals surface area (Å²) < 4.78 is 0. The third-order valence-corrected chi connectivity index (χ3v) is 3.62. The van der Waals surface area contributed by atoms with Crippen LogP contribution in [0.4, 0.5) is 0 Å². The first-order valence-corrected chi connectivity index (χ1v) is 7.55. The molecule has 2 rings (SSSR count). The Labute approximate surface area is 126 Å². The van der Waals surface area contributed by atoms with Crippen molar-refractivity contribution < 1.29 is 0 Å². The van der Waals surface area contributed by atoms with Crippen LogP contribution in [0, 0.1) is 5.41 Å². The fourth-order valence-corrected chi connectivity index (χ4v) is 3.37. The Morgan fingerprint density at radius 2 is 1.71 bits per heavy atom. The van der Waals surface area contributed by atoms with Gasteiger partial charge in [0.2, 0.25) is 0 Å². The van der Waals surface area contributed by atoms with Crippen LogP contribution in [-0.2, 0) is 0 Å². The zero-order valence-corrected chi connectivity index (χ0v) is 13.9. The fraction of sp³-hybridized carbons (Fsp3) is 0.588. The average molecular weight is 289 g/mol. The molecule has 1 heterocycles. The number of benzene rings is 1. The molecule has 1 aromatic heterocycles. The molecule has 3 N–H and O–H groups in total. The minimum Gasteiger partial charge on any atom is -0.306 e. The maximum Gasteiger partial charge on any atom is 0.323 e. The van der Waals surface area contributed by atoms with Crippen molar-refractivity contribution in [2.75, 3.05) is 0 Å². The van der Waals surface area contributed by atoms with E-state index in [0.29, 0.717) is 0 Å². The van der Waals surface area contributed by atoms with E-state index in [1.54, 1.807) is 0 Å². The Kier molecular flexibility index (Phi) is 4.02. The van der Waals surface area contributed by atoms with E-state index in [0.717, 1.165) is 17.5 Å². The Bertz CT molecular complexity index is 673. The molecular formula is C17H27N3O. The molecule has 4 nitrogen and oxygen atoms in total. The zero-order valence-electron chi connectivity index (χ0n) is 13.9. The number of hydrogen-bond acceptors (Lipinski definition) is 2. The Morgan fingerprint density at radius 1 is 1.10 bits per heavy atom. The molecule has 0 aliphatic rings. The number of fused-ring (bicyclic) bond motifs is 1. The van der Waals surface area contributed by atoms with Gasteiger partial charge >= 0.3 is 5.69 Å². The van der Waals surface area contributed by atoms with Crippen LogP contribution in [0.2, 0.25) is 0 Å². The van der Waals surface area contributed by atoms with Crippen LogP contribution in [0.25, 0.3) is 11.0 Å². The molecule has 0 bridgehead atoms. The summed E-state index contributed by atoms with van der Waals surface area (Å²) in [4.78, 5) is 16.9. The molecule has 4 heteroatoms. The maximum atomic E-state index is 11.3. The number of imidazole rings is 1. The molecule has 0 amide bonds. The predicted molar refractivity (Wildman–Crippen MR) is 88.6 cm³/mol. The number of aromatic amines is 2. The highest BCUT2D eigenvalue weighted by Gasteiger charge is 2.26. The first-order chi connectivity index (χ1) is 9.56. The standard InChI is InChI=1S/C17H27N3O/c1-11(20-17(5,6)10-16(2,3)4)12-7-8-13-14(9-12)19-15(21)18-13/h7-9,11,20H,10H2,1-6H3,(H2,18,19,21). The summed E-state index contributed by atoms with van der Waals surface area (Å²) in [6.45, 7) is 13.4. The Hall–Kier alpha value is -1.55. The second kappa shape index (κ2) is 5.34. The quantitative estimate of drug-likeness (QED) is 0.803. The topological polar surface area (TPSA) is 60.7 Å². The summed E-state index contributed by atoms with van der Waals surface area (Å²) in [6.07, 6.45) is 1.09. The van der Waals surface area contributed by atoms with E-state index in [1.165, 1.54) is 5.56 Å². The van der Waals surface area contributed by atoms with Crippen LogP contribution in [0.1, 0.15) is 59.6 Å². The number of aromatic nitrogens is 2. The van der Waals surface area contributed by atoms with Crippen molar-refractivity contribution in [3.05, 3.63) is 34.2 Å². The number of rotatable bonds is 4.